The van der Waals surface area contributed by atoms with E-state index >= 15 is 0 Å². The summed E-state index contributed by atoms with van der Waals surface area (Å²) in [6.45, 7) is 9.98. The minimum atomic E-state index is 0.0187. The Hall–Kier alpha value is -1.81. The van der Waals surface area contributed by atoms with Gasteiger partial charge in [-0.15, -0.1) is 0 Å². The van der Waals surface area contributed by atoms with Crippen LogP contribution in [0.2, 0.25) is 0 Å². The first-order valence-electron chi connectivity index (χ1n) is 5.69. The van der Waals surface area contributed by atoms with Crippen molar-refractivity contribution in [3.8, 4) is 0 Å². The van der Waals surface area contributed by atoms with Crippen molar-refractivity contribution in [2.75, 3.05) is 13.1 Å². The van der Waals surface area contributed by atoms with Crippen molar-refractivity contribution in [2.45, 2.75) is 13.0 Å². The number of hydrogen-bond donors (Lipinski definition) is 2. The highest BCUT2D eigenvalue weighted by molar-refractivity contribution is 5.24. The minimum Gasteiger partial charge on any atom is -0.301 e. The predicted octanol–water partition coefficient (Wildman–Crippen LogP) is 1.36. The minimum absolute atomic E-state index is 0.0187. The van der Waals surface area contributed by atoms with Crippen LogP contribution >= 0.6 is 0 Å². The van der Waals surface area contributed by atoms with Gasteiger partial charge >= 0.3 is 0 Å². The summed E-state index contributed by atoms with van der Waals surface area (Å²) >= 11 is 0. The first-order valence-corrected chi connectivity index (χ1v) is 5.69. The van der Waals surface area contributed by atoms with Crippen LogP contribution in [0.1, 0.15) is 11.3 Å². The molecule has 4 heteroatoms. The molecule has 0 aliphatic carbocycles. The van der Waals surface area contributed by atoms with Crippen molar-refractivity contribution in [3.05, 3.63) is 58.6 Å². The van der Waals surface area contributed by atoms with E-state index in [0.29, 0.717) is 0 Å². The molecule has 0 fully saturated rings. The number of aromatic amines is 2. The Morgan fingerprint density at radius 1 is 1.41 bits per heavy atom. The van der Waals surface area contributed by atoms with Gasteiger partial charge in [-0.25, -0.2) is 0 Å². The van der Waals surface area contributed by atoms with E-state index in [1.165, 1.54) is 0 Å². The Morgan fingerprint density at radius 3 is 2.94 bits per heavy atom. The lowest BCUT2D eigenvalue weighted by Crippen LogP contribution is -2.33. The molecule has 0 unspecified atom stereocenters. The maximum Gasteiger partial charge on any atom is 0.267 e. The summed E-state index contributed by atoms with van der Waals surface area (Å²) in [4.78, 5) is 13.7. The Balaban J connectivity index is 2.08. The molecule has 2 heterocycles. The fourth-order valence-corrected chi connectivity index (χ4v) is 2.12. The van der Waals surface area contributed by atoms with Crippen LogP contribution in [0.5, 0.6) is 0 Å². The molecule has 17 heavy (non-hydrogen) atoms. The number of hydrogen-bond acceptors (Lipinski definition) is 2. The van der Waals surface area contributed by atoms with Crippen molar-refractivity contribution in [3.63, 3.8) is 0 Å². The van der Waals surface area contributed by atoms with Crippen molar-refractivity contribution in [1.82, 2.24) is 15.1 Å². The Bertz CT molecular complexity index is 507. The smallest absolute Gasteiger partial charge is 0.267 e. The zero-order valence-electron chi connectivity index (χ0n) is 9.83. The molecular weight excluding hydrogens is 214 g/mol. The molecule has 1 aliphatic rings. The van der Waals surface area contributed by atoms with Crippen LogP contribution in [0.15, 0.2) is 41.8 Å². The second-order valence-electron chi connectivity index (χ2n) is 4.18. The van der Waals surface area contributed by atoms with Crippen molar-refractivity contribution in [2.24, 2.45) is 0 Å². The SMILES string of the molecule is C=C/C=C(\C=C)CN1CCc2c([nH][nH]c2=O)C1. The second kappa shape index (κ2) is 5.01. The molecule has 2 rings (SSSR count). The van der Waals surface area contributed by atoms with Crippen LogP contribution in [0.25, 0.3) is 0 Å². The summed E-state index contributed by atoms with van der Waals surface area (Å²) in [6.07, 6.45) is 6.37. The number of H-pyrrole nitrogens is 2. The maximum absolute atomic E-state index is 11.4. The highest BCUT2D eigenvalue weighted by Gasteiger charge is 2.20. The molecule has 0 radical (unpaired) electrons. The Morgan fingerprint density at radius 2 is 2.24 bits per heavy atom. The molecule has 0 spiro atoms. The van der Waals surface area contributed by atoms with Gasteiger partial charge in [-0.05, 0) is 12.0 Å². The number of nitrogens with zero attached hydrogens (tertiary/aromatic N) is 1. The molecule has 4 nitrogen and oxygen atoms in total. The molecule has 0 saturated carbocycles. The summed E-state index contributed by atoms with van der Waals surface area (Å²) < 4.78 is 0. The molecule has 90 valence electrons. The van der Waals surface area contributed by atoms with Crippen molar-refractivity contribution >= 4 is 0 Å². The van der Waals surface area contributed by atoms with E-state index in [4.69, 9.17) is 0 Å². The third-order valence-corrected chi connectivity index (χ3v) is 3.03. The van der Waals surface area contributed by atoms with Gasteiger partial charge < -0.3 is 5.10 Å². The average molecular weight is 231 g/mol. The zero-order valence-corrected chi connectivity index (χ0v) is 9.83. The molecule has 0 saturated heterocycles. The standard InChI is InChI=1S/C13H17N3O/c1-3-5-10(4-2)8-16-7-6-11-12(9-16)14-15-13(11)17/h3-5H,1-2,6-9H2,(H2,14,15,17)/b10-5+. The van der Waals surface area contributed by atoms with E-state index in [1.54, 1.807) is 6.08 Å². The summed E-state index contributed by atoms with van der Waals surface area (Å²) in [5.41, 5.74) is 3.06. The van der Waals surface area contributed by atoms with E-state index in [2.05, 4.69) is 28.3 Å². The van der Waals surface area contributed by atoms with Crippen molar-refractivity contribution < 1.29 is 0 Å². The highest BCUT2D eigenvalue weighted by Crippen LogP contribution is 2.14. The summed E-state index contributed by atoms with van der Waals surface area (Å²) in [6, 6.07) is 0. The second-order valence-corrected chi connectivity index (χ2v) is 4.18. The zero-order chi connectivity index (χ0) is 12.3. The first-order chi connectivity index (χ1) is 8.24. The van der Waals surface area contributed by atoms with E-state index in [0.717, 1.165) is 42.9 Å². The fourth-order valence-electron chi connectivity index (χ4n) is 2.12. The molecule has 1 aromatic heterocycles. The van der Waals surface area contributed by atoms with Gasteiger partial charge in [0.15, 0.2) is 0 Å². The van der Waals surface area contributed by atoms with Gasteiger partial charge in [-0.1, -0.05) is 31.4 Å². The maximum atomic E-state index is 11.4. The summed E-state index contributed by atoms with van der Waals surface area (Å²) in [7, 11) is 0. The van der Waals surface area contributed by atoms with Gasteiger partial charge in [0.1, 0.15) is 0 Å². The van der Waals surface area contributed by atoms with E-state index < -0.39 is 0 Å². The molecule has 0 bridgehead atoms. The van der Waals surface area contributed by atoms with Crippen LogP contribution < -0.4 is 5.56 Å². The van der Waals surface area contributed by atoms with Gasteiger partial charge in [0.25, 0.3) is 5.56 Å². The van der Waals surface area contributed by atoms with Gasteiger partial charge in [-0.2, -0.15) is 0 Å². The van der Waals surface area contributed by atoms with Gasteiger partial charge in [0, 0.05) is 25.2 Å². The van der Waals surface area contributed by atoms with Crippen LogP contribution in [0.3, 0.4) is 0 Å². The Kier molecular flexibility index (Phi) is 3.44. The number of nitrogens with one attached hydrogen (secondary N) is 2. The number of rotatable bonds is 4. The summed E-state index contributed by atoms with van der Waals surface area (Å²) in [5, 5.41) is 5.57. The third kappa shape index (κ3) is 2.47. The monoisotopic (exact) mass is 231 g/mol. The number of fused-ring (bicyclic) bond motifs is 1. The molecule has 0 aromatic carbocycles. The topological polar surface area (TPSA) is 51.9 Å². The molecule has 0 amide bonds. The largest absolute Gasteiger partial charge is 0.301 e. The van der Waals surface area contributed by atoms with Crippen LogP contribution in [0, 0.1) is 0 Å². The van der Waals surface area contributed by atoms with Gasteiger partial charge in [0.05, 0.1) is 5.69 Å². The lowest BCUT2D eigenvalue weighted by molar-refractivity contribution is 0.274. The fraction of sp³-hybridized carbons (Fsp3) is 0.308. The van der Waals surface area contributed by atoms with E-state index in [9.17, 15) is 4.79 Å². The quantitative estimate of drug-likeness (QED) is 0.769. The molecule has 0 atom stereocenters. The molecule has 2 N–H and O–H groups in total. The highest BCUT2D eigenvalue weighted by atomic mass is 16.1. The number of allylic oxidation sites excluding steroid dienone is 2. The lowest BCUT2D eigenvalue weighted by atomic mass is 10.1. The average Bonchev–Trinajstić information content (AvgIpc) is 2.70. The number of aromatic nitrogens is 2. The van der Waals surface area contributed by atoms with Crippen LogP contribution in [-0.2, 0) is 13.0 Å². The van der Waals surface area contributed by atoms with E-state index in [1.807, 2.05) is 12.2 Å². The molecular formula is C13H17N3O. The predicted molar refractivity (Wildman–Crippen MR) is 68.9 cm³/mol. The summed E-state index contributed by atoms with van der Waals surface area (Å²) in [5.74, 6) is 0. The van der Waals surface area contributed by atoms with Gasteiger partial charge in [-0.3, -0.25) is 14.8 Å². The Labute approximate surface area is 100 Å². The normalized spacial score (nSPS) is 16.6. The van der Waals surface area contributed by atoms with E-state index in [-0.39, 0.29) is 5.56 Å². The lowest BCUT2D eigenvalue weighted by Gasteiger charge is -2.26. The van der Waals surface area contributed by atoms with Gasteiger partial charge in [0.2, 0.25) is 0 Å². The molecule has 1 aromatic rings. The third-order valence-electron chi connectivity index (χ3n) is 3.03. The molecule has 1 aliphatic heterocycles. The van der Waals surface area contributed by atoms with Crippen LogP contribution in [-0.4, -0.2) is 28.2 Å². The van der Waals surface area contributed by atoms with Crippen molar-refractivity contribution in [1.29, 1.82) is 0 Å². The first kappa shape index (κ1) is 11.7. The van der Waals surface area contributed by atoms with Crippen LogP contribution in [0.4, 0.5) is 0 Å².